The number of anilines is 1. The number of unbranched alkanes of at least 4 members (excludes halogenated alkanes) is 4. The quantitative estimate of drug-likeness (QED) is 0.716. The van der Waals surface area contributed by atoms with Crippen molar-refractivity contribution in [1.29, 1.82) is 0 Å². The summed E-state index contributed by atoms with van der Waals surface area (Å²) in [6.07, 6.45) is 5.43. The maximum absolute atomic E-state index is 11.6. The van der Waals surface area contributed by atoms with Gasteiger partial charge in [0.05, 0.1) is 6.61 Å². The van der Waals surface area contributed by atoms with Crippen molar-refractivity contribution in [1.82, 2.24) is 0 Å². The van der Waals surface area contributed by atoms with E-state index in [0.29, 0.717) is 6.61 Å². The van der Waals surface area contributed by atoms with Crippen molar-refractivity contribution in [3.05, 3.63) is 29.3 Å². The molecule has 0 atom stereocenters. The van der Waals surface area contributed by atoms with Gasteiger partial charge in [-0.3, -0.25) is 5.32 Å². The van der Waals surface area contributed by atoms with Gasteiger partial charge in [-0.05, 0) is 37.5 Å². The Morgan fingerprint density at radius 1 is 1.16 bits per heavy atom. The first-order chi connectivity index (χ1) is 9.15. The van der Waals surface area contributed by atoms with Crippen molar-refractivity contribution in [3.63, 3.8) is 0 Å². The van der Waals surface area contributed by atoms with Crippen molar-refractivity contribution in [2.24, 2.45) is 0 Å². The van der Waals surface area contributed by atoms with Crippen molar-refractivity contribution in [2.75, 3.05) is 11.9 Å². The van der Waals surface area contributed by atoms with Gasteiger partial charge in [0.15, 0.2) is 0 Å². The zero-order chi connectivity index (χ0) is 14.1. The summed E-state index contributed by atoms with van der Waals surface area (Å²) < 4.78 is 5.17. The van der Waals surface area contributed by atoms with E-state index in [2.05, 4.69) is 12.2 Å². The Morgan fingerprint density at radius 2 is 1.89 bits per heavy atom. The van der Waals surface area contributed by atoms with Crippen LogP contribution in [0.3, 0.4) is 0 Å². The third-order valence-corrected chi connectivity index (χ3v) is 3.32. The molecule has 0 aliphatic carbocycles. The lowest BCUT2D eigenvalue weighted by atomic mass is 10.1. The smallest absolute Gasteiger partial charge is 0.411 e. The first kappa shape index (κ1) is 15.5. The lowest BCUT2D eigenvalue weighted by Crippen LogP contribution is -2.15. The van der Waals surface area contributed by atoms with E-state index in [4.69, 9.17) is 4.74 Å². The maximum atomic E-state index is 11.6. The fourth-order valence-electron chi connectivity index (χ4n) is 1.90. The zero-order valence-electron chi connectivity index (χ0n) is 12.3. The Balaban J connectivity index is 2.26. The number of aryl methyl sites for hydroxylation is 1. The highest BCUT2D eigenvalue weighted by Gasteiger charge is 2.06. The molecule has 0 radical (unpaired) electrons. The molecule has 3 nitrogen and oxygen atoms in total. The molecule has 1 amide bonds. The molecule has 0 aliphatic rings. The Bertz CT molecular complexity index is 402. The molecule has 1 rings (SSSR count). The van der Waals surface area contributed by atoms with Crippen LogP contribution in [0.5, 0.6) is 0 Å². The summed E-state index contributed by atoms with van der Waals surface area (Å²) in [6, 6.07) is 5.85. The van der Waals surface area contributed by atoms with E-state index >= 15 is 0 Å². The van der Waals surface area contributed by atoms with Gasteiger partial charge in [-0.15, -0.1) is 0 Å². The van der Waals surface area contributed by atoms with Gasteiger partial charge in [-0.2, -0.15) is 0 Å². The summed E-state index contributed by atoms with van der Waals surface area (Å²) >= 11 is 0. The summed E-state index contributed by atoms with van der Waals surface area (Å²) in [5.41, 5.74) is 3.08. The largest absolute Gasteiger partial charge is 0.449 e. The molecule has 0 fully saturated rings. The Hall–Kier alpha value is -1.51. The standard InChI is InChI=1S/C16H25NO2/c1-4-5-6-7-8-12-19-16(18)17-15-11-9-10-13(2)14(15)3/h9-11H,4-8,12H2,1-3H3,(H,17,18). The van der Waals surface area contributed by atoms with Crippen molar-refractivity contribution >= 4 is 11.8 Å². The van der Waals surface area contributed by atoms with E-state index in [9.17, 15) is 4.79 Å². The predicted octanol–water partition coefficient (Wildman–Crippen LogP) is 4.82. The van der Waals surface area contributed by atoms with Gasteiger partial charge in [0.2, 0.25) is 0 Å². The number of rotatable bonds is 7. The van der Waals surface area contributed by atoms with Crippen molar-refractivity contribution in [3.8, 4) is 0 Å². The molecule has 0 aromatic heterocycles. The summed E-state index contributed by atoms with van der Waals surface area (Å²) in [7, 11) is 0. The Morgan fingerprint density at radius 3 is 2.63 bits per heavy atom. The average Bonchev–Trinajstić information content (AvgIpc) is 2.39. The number of amides is 1. The molecule has 0 saturated carbocycles. The Kier molecular flexibility index (Phi) is 7.01. The highest BCUT2D eigenvalue weighted by molar-refractivity contribution is 5.85. The zero-order valence-corrected chi connectivity index (χ0v) is 12.3. The first-order valence-corrected chi connectivity index (χ1v) is 7.15. The minimum atomic E-state index is -0.357. The molecule has 0 bridgehead atoms. The van der Waals surface area contributed by atoms with E-state index in [1.165, 1.54) is 19.3 Å². The van der Waals surface area contributed by atoms with Crippen LogP contribution in [0.1, 0.15) is 50.2 Å². The van der Waals surface area contributed by atoms with E-state index in [1.54, 1.807) is 0 Å². The van der Waals surface area contributed by atoms with Gasteiger partial charge in [0, 0.05) is 5.69 Å². The molecule has 0 aliphatic heterocycles. The summed E-state index contributed by atoms with van der Waals surface area (Å²) in [5, 5.41) is 2.79. The third kappa shape index (κ3) is 5.77. The lowest BCUT2D eigenvalue weighted by Gasteiger charge is -2.10. The van der Waals surface area contributed by atoms with Crippen LogP contribution >= 0.6 is 0 Å². The van der Waals surface area contributed by atoms with Gasteiger partial charge in [0.25, 0.3) is 0 Å². The molecule has 3 heteroatoms. The minimum absolute atomic E-state index is 0.357. The van der Waals surface area contributed by atoms with Gasteiger partial charge in [0.1, 0.15) is 0 Å². The van der Waals surface area contributed by atoms with Crippen molar-refractivity contribution in [2.45, 2.75) is 52.9 Å². The van der Waals surface area contributed by atoms with Crippen LogP contribution in [0.25, 0.3) is 0 Å². The summed E-state index contributed by atoms with van der Waals surface area (Å²) in [6.45, 7) is 6.71. The van der Waals surface area contributed by atoms with Crippen LogP contribution in [0.4, 0.5) is 10.5 Å². The minimum Gasteiger partial charge on any atom is -0.449 e. The molecule has 0 spiro atoms. The molecule has 0 unspecified atom stereocenters. The Labute approximate surface area is 116 Å². The average molecular weight is 263 g/mol. The van der Waals surface area contributed by atoms with Crippen LogP contribution in [-0.4, -0.2) is 12.7 Å². The molecule has 1 aromatic rings. The number of nitrogens with one attached hydrogen (secondary N) is 1. The molecule has 0 heterocycles. The van der Waals surface area contributed by atoms with Crippen LogP contribution in [0.15, 0.2) is 18.2 Å². The number of carbonyl (C=O) groups excluding carboxylic acids is 1. The van der Waals surface area contributed by atoms with E-state index in [-0.39, 0.29) is 6.09 Å². The summed E-state index contributed by atoms with van der Waals surface area (Å²) in [4.78, 5) is 11.6. The molecule has 19 heavy (non-hydrogen) atoms. The molecule has 1 N–H and O–H groups in total. The van der Waals surface area contributed by atoms with Crippen LogP contribution < -0.4 is 5.32 Å². The molecule has 0 saturated heterocycles. The number of ether oxygens (including phenoxy) is 1. The molecule has 106 valence electrons. The number of hydrogen-bond donors (Lipinski definition) is 1. The van der Waals surface area contributed by atoms with Gasteiger partial charge < -0.3 is 4.74 Å². The second-order valence-corrected chi connectivity index (χ2v) is 4.92. The monoisotopic (exact) mass is 263 g/mol. The number of hydrogen-bond acceptors (Lipinski definition) is 2. The van der Waals surface area contributed by atoms with Gasteiger partial charge >= 0.3 is 6.09 Å². The van der Waals surface area contributed by atoms with Crippen molar-refractivity contribution < 1.29 is 9.53 Å². The first-order valence-electron chi connectivity index (χ1n) is 7.15. The van der Waals surface area contributed by atoms with E-state index in [1.807, 2.05) is 32.0 Å². The summed E-state index contributed by atoms with van der Waals surface area (Å²) in [5.74, 6) is 0. The molecular weight excluding hydrogens is 238 g/mol. The predicted molar refractivity (Wildman–Crippen MR) is 79.6 cm³/mol. The number of benzene rings is 1. The van der Waals surface area contributed by atoms with Crippen LogP contribution in [0.2, 0.25) is 0 Å². The second kappa shape index (κ2) is 8.57. The fourth-order valence-corrected chi connectivity index (χ4v) is 1.90. The molecule has 1 aromatic carbocycles. The van der Waals surface area contributed by atoms with Gasteiger partial charge in [-0.25, -0.2) is 4.79 Å². The lowest BCUT2D eigenvalue weighted by molar-refractivity contribution is 0.159. The highest BCUT2D eigenvalue weighted by atomic mass is 16.5. The fraction of sp³-hybridized carbons (Fsp3) is 0.562. The topological polar surface area (TPSA) is 38.3 Å². The van der Waals surface area contributed by atoms with Crippen LogP contribution in [0, 0.1) is 13.8 Å². The normalized spacial score (nSPS) is 10.3. The molecular formula is C16H25NO2. The number of carbonyl (C=O) groups is 1. The van der Waals surface area contributed by atoms with Gasteiger partial charge in [-0.1, -0.05) is 44.7 Å². The highest BCUT2D eigenvalue weighted by Crippen LogP contribution is 2.18. The van der Waals surface area contributed by atoms with E-state index < -0.39 is 0 Å². The maximum Gasteiger partial charge on any atom is 0.411 e. The second-order valence-electron chi connectivity index (χ2n) is 4.92. The van der Waals surface area contributed by atoms with Crippen LogP contribution in [-0.2, 0) is 4.74 Å². The SMILES string of the molecule is CCCCCCCOC(=O)Nc1cccc(C)c1C. The van der Waals surface area contributed by atoms with E-state index in [0.717, 1.165) is 29.7 Å². The third-order valence-electron chi connectivity index (χ3n) is 3.32.